The van der Waals surface area contributed by atoms with Gasteiger partial charge < -0.3 is 0 Å². The Morgan fingerprint density at radius 1 is 1.75 bits per heavy atom. The van der Waals surface area contributed by atoms with Crippen molar-refractivity contribution in [3.8, 4) is 0 Å². The first-order chi connectivity index (χ1) is 3.93. The molecule has 0 N–H and O–H groups in total. The van der Waals surface area contributed by atoms with Crippen LogP contribution in [0.25, 0.3) is 0 Å². The zero-order valence-electron chi connectivity index (χ0n) is 4.54. The second kappa shape index (κ2) is 3.00. The first kappa shape index (κ1) is 5.99. The molecule has 0 spiro atoms. The number of allylic oxidation sites excluding steroid dienone is 3. The van der Waals surface area contributed by atoms with Crippen LogP contribution >= 0.6 is 0 Å². The predicted molar refractivity (Wildman–Crippen MR) is 29.1 cm³/mol. The van der Waals surface area contributed by atoms with E-state index in [0.29, 0.717) is 0 Å². The normalized spacial score (nSPS) is 16.5. The Bertz CT molecular complexity index is 147. The maximum absolute atomic E-state index is 3.95. The molecule has 0 atom stereocenters. The molecule has 2 heteroatoms. The maximum atomic E-state index is 3.95. The first-order valence-corrected chi connectivity index (χ1v) is 3.21. The summed E-state index contributed by atoms with van der Waals surface area (Å²) in [5, 5.41) is 0. The molecule has 1 nitrogen and oxygen atoms in total. The molecule has 39 valence electrons. The monoisotopic (exact) mass is 144 g/mol. The van der Waals surface area contributed by atoms with E-state index in [2.05, 4.69) is 39.3 Å². The zero-order valence-corrected chi connectivity index (χ0v) is 5.94. The minimum atomic E-state index is 0.882. The van der Waals surface area contributed by atoms with Crippen LogP contribution in [0, 0.1) is 0 Å². The van der Waals surface area contributed by atoms with Crippen molar-refractivity contribution in [3.63, 3.8) is 0 Å². The second-order valence-electron chi connectivity index (χ2n) is 1.76. The van der Waals surface area contributed by atoms with Gasteiger partial charge in [0.1, 0.15) is 0 Å². The number of rotatable bonds is 2. The average molecular weight is 144 g/mol. The minimum absolute atomic E-state index is 0.882. The van der Waals surface area contributed by atoms with Gasteiger partial charge in [0.15, 0.2) is 0 Å². The van der Waals surface area contributed by atoms with Gasteiger partial charge in [-0.3, -0.25) is 0 Å². The van der Waals surface area contributed by atoms with Gasteiger partial charge in [-0.2, -0.15) is 0 Å². The summed E-state index contributed by atoms with van der Waals surface area (Å²) in [6.45, 7) is 0.882. The topological polar surface area (TPSA) is 12.4 Å². The molecule has 1 rings (SSSR count). The van der Waals surface area contributed by atoms with Crippen LogP contribution in [-0.4, -0.2) is 6.54 Å². The van der Waals surface area contributed by atoms with Gasteiger partial charge in [-0.1, -0.05) is 0 Å². The van der Waals surface area contributed by atoms with Gasteiger partial charge in [0, 0.05) is 0 Å². The molecule has 0 aliphatic heterocycles. The van der Waals surface area contributed by atoms with Crippen molar-refractivity contribution >= 4 is 0 Å². The van der Waals surface area contributed by atoms with E-state index >= 15 is 0 Å². The van der Waals surface area contributed by atoms with Crippen LogP contribution in [0.1, 0.15) is 6.42 Å². The molecule has 0 fully saturated rings. The fraction of sp³-hybridized carbons (Fsp3) is 0.333. The SMILES string of the molecule is [V+2]=[N]CC1=CC=CC1. The summed E-state index contributed by atoms with van der Waals surface area (Å²) in [4.78, 5) is 0. The molecule has 0 bridgehead atoms. The summed E-state index contributed by atoms with van der Waals surface area (Å²) >= 11 is 2.24. The third-order valence-electron chi connectivity index (χ3n) is 1.12. The number of hydrogen-bond donors (Lipinski definition) is 0. The zero-order chi connectivity index (χ0) is 5.82. The van der Waals surface area contributed by atoms with Crippen LogP contribution < -0.4 is 0 Å². The standard InChI is InChI=1S/C6H7N.V/c7-5-6-3-1-2-4-6;/h1-3H,4-5H2;/q;+2. The quantitative estimate of drug-likeness (QED) is 0.558. The van der Waals surface area contributed by atoms with E-state index in [4.69, 9.17) is 0 Å². The summed E-state index contributed by atoms with van der Waals surface area (Å²) in [6, 6.07) is 0. The molecule has 0 saturated heterocycles. The molecule has 0 saturated carbocycles. The van der Waals surface area contributed by atoms with Crippen LogP contribution in [0.15, 0.2) is 27.6 Å². The number of nitrogens with zero attached hydrogens (tertiary/aromatic N) is 1. The van der Waals surface area contributed by atoms with Gasteiger partial charge in [0.05, 0.1) is 0 Å². The summed E-state index contributed by atoms with van der Waals surface area (Å²) in [7, 11) is 0. The second-order valence-corrected chi connectivity index (χ2v) is 2.20. The van der Waals surface area contributed by atoms with Gasteiger partial charge in [-0.05, 0) is 0 Å². The Kier molecular flexibility index (Phi) is 2.25. The molecule has 0 radical (unpaired) electrons. The molecule has 0 aromatic rings. The Morgan fingerprint density at radius 3 is 3.12 bits per heavy atom. The van der Waals surface area contributed by atoms with Crippen molar-refractivity contribution in [2.45, 2.75) is 6.42 Å². The first-order valence-electron chi connectivity index (χ1n) is 2.59. The molecule has 0 heterocycles. The van der Waals surface area contributed by atoms with Gasteiger partial charge in [-0.15, -0.1) is 0 Å². The van der Waals surface area contributed by atoms with Crippen molar-refractivity contribution in [1.29, 1.82) is 0 Å². The van der Waals surface area contributed by atoms with Crippen LogP contribution in [0.2, 0.25) is 0 Å². The summed E-state index contributed by atoms with van der Waals surface area (Å²) in [5.74, 6) is 0. The fourth-order valence-electron chi connectivity index (χ4n) is 0.700. The molecule has 1 aliphatic rings. The molecular weight excluding hydrogens is 137 g/mol. The van der Waals surface area contributed by atoms with Crippen molar-refractivity contribution in [3.05, 3.63) is 23.8 Å². The van der Waals surface area contributed by atoms with E-state index in [9.17, 15) is 0 Å². The van der Waals surface area contributed by atoms with E-state index < -0.39 is 0 Å². The van der Waals surface area contributed by atoms with E-state index in [0.717, 1.165) is 13.0 Å². The van der Waals surface area contributed by atoms with Gasteiger partial charge in [0.25, 0.3) is 0 Å². The molecule has 0 aromatic heterocycles. The third kappa shape index (κ3) is 1.43. The fourth-order valence-corrected chi connectivity index (χ4v) is 0.983. The summed E-state index contributed by atoms with van der Waals surface area (Å²) in [5.41, 5.74) is 1.41. The van der Waals surface area contributed by atoms with Crippen LogP contribution in [0.5, 0.6) is 0 Å². The molecule has 0 amide bonds. The molecule has 8 heavy (non-hydrogen) atoms. The van der Waals surface area contributed by atoms with Crippen molar-refractivity contribution in [1.82, 2.24) is 0 Å². The van der Waals surface area contributed by atoms with Crippen molar-refractivity contribution in [2.75, 3.05) is 6.54 Å². The van der Waals surface area contributed by atoms with Crippen LogP contribution in [-0.2, 0) is 17.2 Å². The Hall–Kier alpha value is -0.136. The summed E-state index contributed by atoms with van der Waals surface area (Å²) < 4.78 is 3.95. The predicted octanol–water partition coefficient (Wildman–Crippen LogP) is 1.60. The van der Waals surface area contributed by atoms with E-state index in [1.165, 1.54) is 5.57 Å². The van der Waals surface area contributed by atoms with Crippen molar-refractivity contribution < 1.29 is 17.2 Å². The average Bonchev–Trinajstić information content (AvgIpc) is 2.19. The van der Waals surface area contributed by atoms with Gasteiger partial charge >= 0.3 is 57.8 Å². The van der Waals surface area contributed by atoms with Gasteiger partial charge in [0.2, 0.25) is 0 Å². The van der Waals surface area contributed by atoms with Crippen LogP contribution in [0.4, 0.5) is 0 Å². The van der Waals surface area contributed by atoms with Gasteiger partial charge in [-0.25, -0.2) is 0 Å². The Balaban J connectivity index is 2.39. The Labute approximate surface area is 58.3 Å². The third-order valence-corrected chi connectivity index (χ3v) is 1.34. The van der Waals surface area contributed by atoms with E-state index in [1.54, 1.807) is 0 Å². The molecule has 0 unspecified atom stereocenters. The Morgan fingerprint density at radius 2 is 2.62 bits per heavy atom. The molecular formula is C6H7NV+2. The molecule has 0 aromatic carbocycles. The van der Waals surface area contributed by atoms with E-state index in [1.807, 2.05) is 0 Å². The number of hydrogen-bond acceptors (Lipinski definition) is 1. The van der Waals surface area contributed by atoms with Crippen LogP contribution in [0.3, 0.4) is 0 Å². The molecule has 1 aliphatic carbocycles. The van der Waals surface area contributed by atoms with Crippen molar-refractivity contribution in [2.24, 2.45) is 3.79 Å². The summed E-state index contributed by atoms with van der Waals surface area (Å²) in [6.07, 6.45) is 7.44. The van der Waals surface area contributed by atoms with E-state index in [-0.39, 0.29) is 0 Å².